The molecule has 7 heteroatoms. The Morgan fingerprint density at radius 2 is 1.64 bits per heavy atom. The molecule has 33 heavy (non-hydrogen) atoms. The van der Waals surface area contributed by atoms with Gasteiger partial charge < -0.3 is 4.57 Å². The zero-order valence-corrected chi connectivity index (χ0v) is 22.9. The molecule has 0 saturated heterocycles. The molecule has 1 aliphatic carbocycles. The van der Waals surface area contributed by atoms with Gasteiger partial charge in [-0.25, -0.2) is 9.97 Å². The number of hydrogen-bond donors (Lipinski definition) is 0. The first-order valence-electron chi connectivity index (χ1n) is 10.6. The number of fused-ring (bicyclic) bond motifs is 2. The summed E-state index contributed by atoms with van der Waals surface area (Å²) in [6.45, 7) is 2.95. The number of aromatic nitrogens is 3. The van der Waals surface area contributed by atoms with E-state index in [2.05, 4.69) is 114 Å². The van der Waals surface area contributed by atoms with Crippen molar-refractivity contribution in [3.63, 3.8) is 0 Å². The summed E-state index contributed by atoms with van der Waals surface area (Å²) in [5.74, 6) is 0. The molecule has 3 heterocycles. The normalized spacial score (nSPS) is 11.5. The van der Waals surface area contributed by atoms with E-state index in [1.54, 1.807) is 22.7 Å². The number of allylic oxidation sites excluding steroid dienone is 1. The molecule has 0 aliphatic heterocycles. The zero-order chi connectivity index (χ0) is 23.0. The third-order valence-electron chi connectivity index (χ3n) is 5.10. The van der Waals surface area contributed by atoms with Gasteiger partial charge in [-0.15, -0.1) is 22.7 Å². The summed E-state index contributed by atoms with van der Waals surface area (Å²) < 4.78 is 4.57. The molecule has 6 rings (SSSR count). The molecule has 0 radical (unpaired) electrons. The van der Waals surface area contributed by atoms with E-state index < -0.39 is 0 Å². The second-order valence-corrected chi connectivity index (χ2v) is 10.9. The predicted octanol–water partition coefficient (Wildman–Crippen LogP) is 8.63. The fourth-order valence-corrected chi connectivity index (χ4v) is 5.69. The van der Waals surface area contributed by atoms with E-state index in [0.29, 0.717) is 0 Å². The van der Waals surface area contributed by atoms with Gasteiger partial charge >= 0.3 is 0 Å². The Bertz CT molecular complexity index is 1320. The van der Waals surface area contributed by atoms with Gasteiger partial charge in [0.25, 0.3) is 0 Å². The maximum Gasteiger partial charge on any atom is 0.112 e. The second-order valence-electron chi connectivity index (χ2n) is 7.24. The summed E-state index contributed by atoms with van der Waals surface area (Å²) in [5, 5.41) is 7.62. The molecule has 0 fully saturated rings. The SMILES string of the molecule is Brc1cccc2c1C=CC2.Brc1cccc2c1ccn2Cc1nccs1.CCc1nccs1. The Kier molecular flexibility index (Phi) is 8.67. The van der Waals surface area contributed by atoms with Gasteiger partial charge in [0, 0.05) is 49.2 Å². The zero-order valence-electron chi connectivity index (χ0n) is 18.1. The maximum absolute atomic E-state index is 4.31. The van der Waals surface area contributed by atoms with Gasteiger partial charge in [0.1, 0.15) is 5.01 Å². The Labute approximate surface area is 219 Å². The van der Waals surface area contributed by atoms with E-state index in [1.165, 1.54) is 31.5 Å². The van der Waals surface area contributed by atoms with Gasteiger partial charge in [0.15, 0.2) is 0 Å². The number of aryl methyl sites for hydroxylation is 1. The van der Waals surface area contributed by atoms with Crippen LogP contribution in [0.1, 0.15) is 28.1 Å². The van der Waals surface area contributed by atoms with Crippen LogP contribution in [0.3, 0.4) is 0 Å². The molecule has 5 aromatic rings. The summed E-state index contributed by atoms with van der Waals surface area (Å²) >= 11 is 10.5. The third kappa shape index (κ3) is 6.29. The van der Waals surface area contributed by atoms with E-state index >= 15 is 0 Å². The van der Waals surface area contributed by atoms with Gasteiger partial charge in [-0.1, -0.05) is 69.1 Å². The van der Waals surface area contributed by atoms with Crippen LogP contribution >= 0.6 is 54.5 Å². The Hall–Kier alpha value is -2.06. The van der Waals surface area contributed by atoms with Gasteiger partial charge in [-0.3, -0.25) is 0 Å². The Morgan fingerprint density at radius 3 is 2.30 bits per heavy atom. The van der Waals surface area contributed by atoms with Gasteiger partial charge in [0.2, 0.25) is 0 Å². The lowest BCUT2D eigenvalue weighted by atomic mass is 10.1. The molecule has 0 N–H and O–H groups in total. The summed E-state index contributed by atoms with van der Waals surface area (Å²) in [6, 6.07) is 14.7. The molecular weight excluding hydrogens is 578 g/mol. The lowest BCUT2D eigenvalue weighted by molar-refractivity contribution is 0.828. The van der Waals surface area contributed by atoms with Crippen LogP contribution in [0.5, 0.6) is 0 Å². The minimum Gasteiger partial charge on any atom is -0.341 e. The van der Waals surface area contributed by atoms with E-state index in [1.807, 2.05) is 23.2 Å². The van der Waals surface area contributed by atoms with E-state index in [-0.39, 0.29) is 0 Å². The van der Waals surface area contributed by atoms with Crippen LogP contribution in [-0.4, -0.2) is 14.5 Å². The van der Waals surface area contributed by atoms with Crippen LogP contribution in [-0.2, 0) is 19.4 Å². The van der Waals surface area contributed by atoms with E-state index in [4.69, 9.17) is 0 Å². The van der Waals surface area contributed by atoms with Crippen molar-refractivity contribution >= 4 is 71.5 Å². The van der Waals surface area contributed by atoms with Crippen molar-refractivity contribution in [3.8, 4) is 0 Å². The molecule has 3 nitrogen and oxygen atoms in total. The Morgan fingerprint density at radius 1 is 0.909 bits per heavy atom. The highest BCUT2D eigenvalue weighted by atomic mass is 79.9. The largest absolute Gasteiger partial charge is 0.341 e. The van der Waals surface area contributed by atoms with Crippen molar-refractivity contribution in [2.24, 2.45) is 0 Å². The van der Waals surface area contributed by atoms with Crippen LogP contribution in [0, 0.1) is 0 Å². The molecule has 3 aromatic heterocycles. The molecule has 0 unspecified atom stereocenters. The molecule has 168 valence electrons. The Balaban J connectivity index is 0.000000130. The number of hydrogen-bond acceptors (Lipinski definition) is 4. The quantitative estimate of drug-likeness (QED) is 0.207. The van der Waals surface area contributed by atoms with Crippen molar-refractivity contribution < 1.29 is 0 Å². The molecule has 0 bridgehead atoms. The lowest BCUT2D eigenvalue weighted by Gasteiger charge is -2.02. The van der Waals surface area contributed by atoms with Crippen LogP contribution in [0.15, 0.2) is 86.8 Å². The van der Waals surface area contributed by atoms with E-state index in [9.17, 15) is 0 Å². The summed E-state index contributed by atoms with van der Waals surface area (Å²) in [5.41, 5.74) is 4.02. The van der Waals surface area contributed by atoms with Gasteiger partial charge in [-0.2, -0.15) is 0 Å². The van der Waals surface area contributed by atoms with Crippen LogP contribution in [0.25, 0.3) is 17.0 Å². The highest BCUT2D eigenvalue weighted by Gasteiger charge is 2.06. The molecule has 0 atom stereocenters. The van der Waals surface area contributed by atoms with Crippen molar-refractivity contribution in [2.45, 2.75) is 26.3 Å². The smallest absolute Gasteiger partial charge is 0.112 e. The third-order valence-corrected chi connectivity index (χ3v) is 8.17. The molecule has 1 aliphatic rings. The first-order chi connectivity index (χ1) is 16.2. The number of thiazole rings is 2. The number of benzene rings is 2. The topological polar surface area (TPSA) is 30.7 Å². The lowest BCUT2D eigenvalue weighted by Crippen LogP contribution is -1.96. The van der Waals surface area contributed by atoms with Crippen molar-refractivity contribution in [1.82, 2.24) is 14.5 Å². The number of nitrogens with zero attached hydrogens (tertiary/aromatic N) is 3. The molecular formula is C26H23Br2N3S2. The highest BCUT2D eigenvalue weighted by Crippen LogP contribution is 2.27. The van der Waals surface area contributed by atoms with Crippen LogP contribution in [0.2, 0.25) is 0 Å². The van der Waals surface area contributed by atoms with Crippen LogP contribution < -0.4 is 0 Å². The highest BCUT2D eigenvalue weighted by molar-refractivity contribution is 9.11. The summed E-state index contributed by atoms with van der Waals surface area (Å²) in [6.07, 6.45) is 12.3. The first-order valence-corrected chi connectivity index (χ1v) is 13.9. The van der Waals surface area contributed by atoms with Crippen molar-refractivity contribution in [1.29, 1.82) is 0 Å². The fourth-order valence-electron chi connectivity index (χ4n) is 3.48. The van der Waals surface area contributed by atoms with Gasteiger partial charge in [0.05, 0.1) is 11.6 Å². The standard InChI is InChI=1S/C12H9BrN2S.C9H7Br.C5H7NS/c13-10-2-1-3-11-9(10)4-6-15(11)8-12-14-5-7-16-12;10-9-6-2-4-7-3-1-5-8(7)9;1-2-5-6-3-4-7-5/h1-7H,8H2;1-2,4-6H,3H2;3-4H,2H2,1H3. The molecule has 0 saturated carbocycles. The molecule has 0 amide bonds. The number of rotatable bonds is 3. The fraction of sp³-hybridized carbons (Fsp3) is 0.154. The summed E-state index contributed by atoms with van der Waals surface area (Å²) in [7, 11) is 0. The maximum atomic E-state index is 4.31. The minimum absolute atomic E-state index is 0.845. The average molecular weight is 601 g/mol. The van der Waals surface area contributed by atoms with Crippen LogP contribution in [0.4, 0.5) is 0 Å². The van der Waals surface area contributed by atoms with E-state index in [0.717, 1.165) is 28.9 Å². The molecule has 0 spiro atoms. The average Bonchev–Trinajstić information content (AvgIpc) is 3.63. The monoisotopic (exact) mass is 599 g/mol. The summed E-state index contributed by atoms with van der Waals surface area (Å²) in [4.78, 5) is 8.36. The minimum atomic E-state index is 0.845. The molecule has 2 aromatic carbocycles. The van der Waals surface area contributed by atoms with Gasteiger partial charge in [-0.05, 0) is 48.2 Å². The van der Waals surface area contributed by atoms with Crippen molar-refractivity contribution in [2.75, 3.05) is 0 Å². The number of halogens is 2. The first kappa shape index (κ1) is 24.1. The second kappa shape index (κ2) is 11.9. The predicted molar refractivity (Wildman–Crippen MR) is 149 cm³/mol. The van der Waals surface area contributed by atoms with Crippen molar-refractivity contribution in [3.05, 3.63) is 108 Å².